The number of aliphatic hydroxyl groups excluding tert-OH is 1. The second kappa shape index (κ2) is 8.26. The van der Waals surface area contributed by atoms with Crippen LogP contribution >= 0.6 is 0 Å². The number of aliphatic hydroxyl groups is 1. The third kappa shape index (κ3) is 4.93. The largest absolute Gasteiger partial charge is 0.481 e. The van der Waals surface area contributed by atoms with Crippen molar-refractivity contribution in [1.82, 2.24) is 5.32 Å². The van der Waals surface area contributed by atoms with Gasteiger partial charge in [0.15, 0.2) is 0 Å². The Morgan fingerprint density at radius 1 is 0.958 bits per heavy atom. The van der Waals surface area contributed by atoms with Gasteiger partial charge in [0.25, 0.3) is 0 Å². The third-order valence-corrected chi connectivity index (χ3v) is 3.79. The molecule has 1 unspecified atom stereocenters. The third-order valence-electron chi connectivity index (χ3n) is 3.79. The van der Waals surface area contributed by atoms with Crippen LogP contribution < -0.4 is 5.32 Å². The molecule has 0 fully saturated rings. The summed E-state index contributed by atoms with van der Waals surface area (Å²) in [7, 11) is 0. The molecule has 0 bridgehead atoms. The van der Waals surface area contributed by atoms with Gasteiger partial charge in [0.2, 0.25) is 5.91 Å². The Morgan fingerprint density at radius 3 is 2.12 bits per heavy atom. The Kier molecular flexibility index (Phi) is 6.09. The maximum atomic E-state index is 11.6. The van der Waals surface area contributed by atoms with Crippen LogP contribution in [0.2, 0.25) is 0 Å². The number of carboxylic acid groups (broad SMARTS) is 1. The van der Waals surface area contributed by atoms with Crippen LogP contribution in [-0.2, 0) is 9.59 Å². The Bertz CT molecular complexity index is 682. The predicted molar refractivity (Wildman–Crippen MR) is 91.3 cm³/mol. The maximum absolute atomic E-state index is 11.6. The molecule has 0 saturated carbocycles. The van der Waals surface area contributed by atoms with Crippen molar-refractivity contribution < 1.29 is 19.8 Å². The van der Waals surface area contributed by atoms with Gasteiger partial charge in [0.05, 0.1) is 18.6 Å². The molecule has 126 valence electrons. The molecule has 2 aromatic carbocycles. The molecular formula is C19H21NO4. The zero-order chi connectivity index (χ0) is 17.5. The number of nitrogens with one attached hydrogen (secondary N) is 1. The van der Waals surface area contributed by atoms with E-state index in [1.165, 1.54) is 0 Å². The lowest BCUT2D eigenvalue weighted by Gasteiger charge is -2.21. The molecule has 0 aliphatic rings. The Morgan fingerprint density at radius 2 is 1.54 bits per heavy atom. The number of aliphatic carboxylic acids is 1. The second-order valence-electron chi connectivity index (χ2n) is 5.68. The van der Waals surface area contributed by atoms with E-state index in [0.29, 0.717) is 5.56 Å². The summed E-state index contributed by atoms with van der Waals surface area (Å²) in [6.45, 7) is 1.69. The molecule has 0 aliphatic heterocycles. The van der Waals surface area contributed by atoms with Crippen LogP contribution in [0.4, 0.5) is 0 Å². The number of carboxylic acids is 1. The highest BCUT2D eigenvalue weighted by atomic mass is 16.4. The first-order valence-electron chi connectivity index (χ1n) is 7.82. The topological polar surface area (TPSA) is 86.6 Å². The highest BCUT2D eigenvalue weighted by Crippen LogP contribution is 2.23. The molecule has 24 heavy (non-hydrogen) atoms. The highest BCUT2D eigenvalue weighted by molar-refractivity contribution is 5.80. The van der Waals surface area contributed by atoms with Crippen molar-refractivity contribution >= 4 is 11.9 Å². The molecule has 0 saturated heterocycles. The molecule has 3 N–H and O–H groups in total. The highest BCUT2D eigenvalue weighted by Gasteiger charge is 2.18. The smallest absolute Gasteiger partial charge is 0.303 e. The average molecular weight is 327 g/mol. The second-order valence-corrected chi connectivity index (χ2v) is 5.68. The van der Waals surface area contributed by atoms with Gasteiger partial charge in [0.1, 0.15) is 0 Å². The van der Waals surface area contributed by atoms with Crippen molar-refractivity contribution in [3.63, 3.8) is 0 Å². The number of carbonyl (C=O) groups excluding carboxylic acids is 1. The number of amides is 1. The Labute approximate surface area is 141 Å². The molecule has 5 heteroatoms. The summed E-state index contributed by atoms with van der Waals surface area (Å²) in [4.78, 5) is 22.1. The fraction of sp³-hybridized carbons (Fsp3) is 0.263. The quantitative estimate of drug-likeness (QED) is 0.730. The van der Waals surface area contributed by atoms with Crippen LogP contribution in [0.3, 0.4) is 0 Å². The summed E-state index contributed by atoms with van der Waals surface area (Å²) >= 11 is 0. The van der Waals surface area contributed by atoms with Crippen molar-refractivity contribution in [1.29, 1.82) is 0 Å². The molecule has 2 aromatic rings. The van der Waals surface area contributed by atoms with Gasteiger partial charge < -0.3 is 15.5 Å². The lowest BCUT2D eigenvalue weighted by atomic mass is 9.99. The monoisotopic (exact) mass is 327 g/mol. The van der Waals surface area contributed by atoms with Crippen LogP contribution in [0.15, 0.2) is 54.6 Å². The van der Waals surface area contributed by atoms with Crippen LogP contribution in [-0.4, -0.2) is 28.1 Å². The Hall–Kier alpha value is -2.66. The van der Waals surface area contributed by atoms with Gasteiger partial charge in [-0.25, -0.2) is 0 Å². The SMILES string of the molecule is C[C@@H](NC(=O)CCC(=O)O)C(O)c1ccc(-c2ccccc2)cc1. The van der Waals surface area contributed by atoms with E-state index in [2.05, 4.69) is 5.32 Å². The van der Waals surface area contributed by atoms with Crippen LogP contribution in [0.1, 0.15) is 31.4 Å². The van der Waals surface area contributed by atoms with Gasteiger partial charge in [-0.15, -0.1) is 0 Å². The van der Waals surface area contributed by atoms with Crippen molar-refractivity contribution in [3.05, 3.63) is 60.2 Å². The van der Waals surface area contributed by atoms with Gasteiger partial charge >= 0.3 is 5.97 Å². The van der Waals surface area contributed by atoms with E-state index in [1.54, 1.807) is 6.92 Å². The van der Waals surface area contributed by atoms with Crippen LogP contribution in [0.5, 0.6) is 0 Å². The number of hydrogen-bond acceptors (Lipinski definition) is 3. The fourth-order valence-corrected chi connectivity index (χ4v) is 2.42. The summed E-state index contributed by atoms with van der Waals surface area (Å²) in [5.41, 5.74) is 2.83. The number of carbonyl (C=O) groups is 2. The van der Waals surface area contributed by atoms with Crippen LogP contribution in [0.25, 0.3) is 11.1 Å². The summed E-state index contributed by atoms with van der Waals surface area (Å²) in [6.07, 6.45) is -1.18. The van der Waals surface area contributed by atoms with E-state index in [-0.39, 0.29) is 18.7 Å². The molecule has 0 aliphatic carbocycles. The first-order chi connectivity index (χ1) is 11.5. The van der Waals surface area contributed by atoms with E-state index < -0.39 is 18.1 Å². The van der Waals surface area contributed by atoms with Crippen molar-refractivity contribution in [2.45, 2.75) is 31.9 Å². The molecule has 0 spiro atoms. The van der Waals surface area contributed by atoms with E-state index in [0.717, 1.165) is 11.1 Å². The first kappa shape index (κ1) is 17.7. The molecule has 0 heterocycles. The van der Waals surface area contributed by atoms with Crippen LogP contribution in [0, 0.1) is 0 Å². The van der Waals surface area contributed by atoms with E-state index in [9.17, 15) is 14.7 Å². The summed E-state index contributed by atoms with van der Waals surface area (Å²) in [5, 5.41) is 21.5. The van der Waals surface area contributed by atoms with Gasteiger partial charge in [-0.3, -0.25) is 9.59 Å². The fourth-order valence-electron chi connectivity index (χ4n) is 2.42. The van der Waals surface area contributed by atoms with E-state index in [4.69, 9.17) is 5.11 Å². The normalized spacial score (nSPS) is 13.1. The molecule has 5 nitrogen and oxygen atoms in total. The van der Waals surface area contributed by atoms with Crippen molar-refractivity contribution in [2.75, 3.05) is 0 Å². The molecule has 2 atom stereocenters. The minimum absolute atomic E-state index is 0.0979. The van der Waals surface area contributed by atoms with Gasteiger partial charge in [0, 0.05) is 6.42 Å². The number of benzene rings is 2. The van der Waals surface area contributed by atoms with E-state index in [1.807, 2.05) is 54.6 Å². The summed E-state index contributed by atoms with van der Waals surface area (Å²) in [6, 6.07) is 16.9. The van der Waals surface area contributed by atoms with E-state index >= 15 is 0 Å². The predicted octanol–water partition coefficient (Wildman–Crippen LogP) is 2.76. The summed E-state index contributed by atoms with van der Waals surface area (Å²) in [5.74, 6) is -1.40. The lowest BCUT2D eigenvalue weighted by molar-refractivity contribution is -0.139. The summed E-state index contributed by atoms with van der Waals surface area (Å²) < 4.78 is 0. The zero-order valence-corrected chi connectivity index (χ0v) is 13.5. The molecule has 2 rings (SSSR count). The molecule has 1 amide bonds. The van der Waals surface area contributed by atoms with Crippen molar-refractivity contribution in [3.8, 4) is 11.1 Å². The van der Waals surface area contributed by atoms with Gasteiger partial charge in [-0.05, 0) is 23.6 Å². The van der Waals surface area contributed by atoms with Crippen molar-refractivity contribution in [2.24, 2.45) is 0 Å². The lowest BCUT2D eigenvalue weighted by Crippen LogP contribution is -2.37. The van der Waals surface area contributed by atoms with Gasteiger partial charge in [-0.1, -0.05) is 54.6 Å². The van der Waals surface area contributed by atoms with Gasteiger partial charge in [-0.2, -0.15) is 0 Å². The molecular weight excluding hydrogens is 306 g/mol. The minimum atomic E-state index is -1.02. The zero-order valence-electron chi connectivity index (χ0n) is 13.5. The molecule has 0 radical (unpaired) electrons. The number of hydrogen-bond donors (Lipinski definition) is 3. The number of rotatable bonds is 7. The first-order valence-corrected chi connectivity index (χ1v) is 7.82. The standard InChI is InChI=1S/C19H21NO4/c1-13(20-17(21)11-12-18(22)23)19(24)16-9-7-15(8-10-16)14-5-3-2-4-6-14/h2-10,13,19,24H,11-12H2,1H3,(H,20,21)(H,22,23)/t13-,19?/m1/s1. The minimum Gasteiger partial charge on any atom is -0.481 e. The average Bonchev–Trinajstić information content (AvgIpc) is 2.60. The Balaban J connectivity index is 1.97. The molecule has 0 aromatic heterocycles. The maximum Gasteiger partial charge on any atom is 0.303 e.